The zero-order chi connectivity index (χ0) is 21.8. The molecule has 1 aliphatic rings. The molecule has 1 aliphatic heterocycles. The average molecular weight is 419 g/mol. The second kappa shape index (κ2) is 9.07. The van der Waals surface area contributed by atoms with E-state index >= 15 is 0 Å². The van der Waals surface area contributed by atoms with Crippen molar-refractivity contribution < 1.29 is 4.79 Å². The largest absolute Gasteiger partial charge is 0.357 e. The van der Waals surface area contributed by atoms with Crippen molar-refractivity contribution in [3.05, 3.63) is 70.0 Å². The van der Waals surface area contributed by atoms with Crippen LogP contribution in [-0.4, -0.2) is 38.9 Å². The molecule has 4 heterocycles. The summed E-state index contributed by atoms with van der Waals surface area (Å²) in [4.78, 5) is 42.6. The SMILES string of the molecule is Cc1nc(-c2ccc(N3CCC(C(=O)NCc4cccnc4)CC3)nc2)[nH]c(=O)c1C. The zero-order valence-corrected chi connectivity index (χ0v) is 17.8. The maximum atomic E-state index is 12.5. The molecule has 8 heteroatoms. The number of aromatic amines is 1. The van der Waals surface area contributed by atoms with Gasteiger partial charge in [0.2, 0.25) is 5.91 Å². The van der Waals surface area contributed by atoms with Crippen LogP contribution in [0.2, 0.25) is 0 Å². The lowest BCUT2D eigenvalue weighted by atomic mass is 9.96. The molecule has 160 valence electrons. The molecule has 0 unspecified atom stereocenters. The maximum Gasteiger partial charge on any atom is 0.254 e. The highest BCUT2D eigenvalue weighted by Crippen LogP contribution is 2.24. The second-order valence-electron chi connectivity index (χ2n) is 7.87. The molecule has 0 radical (unpaired) electrons. The first-order valence-electron chi connectivity index (χ1n) is 10.5. The van der Waals surface area contributed by atoms with E-state index in [0.29, 0.717) is 23.6 Å². The molecule has 0 atom stereocenters. The Morgan fingerprint density at radius 2 is 2.00 bits per heavy atom. The van der Waals surface area contributed by atoms with Crippen LogP contribution in [0.5, 0.6) is 0 Å². The number of piperidine rings is 1. The lowest BCUT2D eigenvalue weighted by Crippen LogP contribution is -2.40. The fraction of sp³-hybridized carbons (Fsp3) is 0.348. The van der Waals surface area contributed by atoms with Gasteiger partial charge in [-0.1, -0.05) is 6.07 Å². The third-order valence-corrected chi connectivity index (χ3v) is 5.80. The van der Waals surface area contributed by atoms with Gasteiger partial charge in [-0.05, 0) is 50.5 Å². The van der Waals surface area contributed by atoms with Crippen molar-refractivity contribution in [1.82, 2.24) is 25.3 Å². The molecule has 4 rings (SSSR count). The molecule has 1 fully saturated rings. The van der Waals surface area contributed by atoms with Crippen molar-refractivity contribution in [2.24, 2.45) is 5.92 Å². The van der Waals surface area contributed by atoms with Crippen molar-refractivity contribution >= 4 is 11.7 Å². The van der Waals surface area contributed by atoms with Gasteiger partial charge in [0.15, 0.2) is 0 Å². The van der Waals surface area contributed by atoms with E-state index in [-0.39, 0.29) is 17.4 Å². The summed E-state index contributed by atoms with van der Waals surface area (Å²) in [6.07, 6.45) is 6.79. The first kappa shape index (κ1) is 20.7. The third-order valence-electron chi connectivity index (χ3n) is 5.80. The summed E-state index contributed by atoms with van der Waals surface area (Å²) in [5, 5.41) is 3.01. The topological polar surface area (TPSA) is 104 Å². The maximum absolute atomic E-state index is 12.5. The van der Waals surface area contributed by atoms with E-state index in [1.807, 2.05) is 31.2 Å². The Bertz CT molecular complexity index is 1100. The number of pyridine rings is 2. The summed E-state index contributed by atoms with van der Waals surface area (Å²) < 4.78 is 0. The molecule has 8 nitrogen and oxygen atoms in total. The molecule has 3 aromatic heterocycles. The minimum atomic E-state index is -0.129. The smallest absolute Gasteiger partial charge is 0.254 e. The van der Waals surface area contributed by atoms with E-state index in [1.165, 1.54) is 0 Å². The van der Waals surface area contributed by atoms with Crippen LogP contribution < -0.4 is 15.8 Å². The summed E-state index contributed by atoms with van der Waals surface area (Å²) in [5.41, 5.74) is 2.98. The summed E-state index contributed by atoms with van der Waals surface area (Å²) in [6.45, 7) is 5.64. The second-order valence-corrected chi connectivity index (χ2v) is 7.87. The van der Waals surface area contributed by atoms with Crippen molar-refractivity contribution in [1.29, 1.82) is 0 Å². The predicted octanol–water partition coefficient (Wildman–Crippen LogP) is 2.38. The van der Waals surface area contributed by atoms with Gasteiger partial charge in [-0.15, -0.1) is 0 Å². The molecule has 1 saturated heterocycles. The number of aryl methyl sites for hydroxylation is 1. The Hall–Kier alpha value is -3.55. The Labute approximate surface area is 180 Å². The number of hydrogen-bond acceptors (Lipinski definition) is 6. The quantitative estimate of drug-likeness (QED) is 0.659. The summed E-state index contributed by atoms with van der Waals surface area (Å²) in [7, 11) is 0. The van der Waals surface area contributed by atoms with E-state index < -0.39 is 0 Å². The van der Waals surface area contributed by atoms with Gasteiger partial charge >= 0.3 is 0 Å². The summed E-state index contributed by atoms with van der Waals surface area (Å²) in [6, 6.07) is 7.68. The van der Waals surface area contributed by atoms with Gasteiger partial charge in [-0.3, -0.25) is 14.6 Å². The minimum Gasteiger partial charge on any atom is -0.357 e. The molecule has 2 N–H and O–H groups in total. The molecule has 0 bridgehead atoms. The number of nitrogens with one attached hydrogen (secondary N) is 2. The number of amides is 1. The van der Waals surface area contributed by atoms with Gasteiger partial charge in [0.05, 0.1) is 0 Å². The lowest BCUT2D eigenvalue weighted by Gasteiger charge is -2.32. The van der Waals surface area contributed by atoms with Crippen LogP contribution in [0.4, 0.5) is 5.82 Å². The number of H-pyrrole nitrogens is 1. The van der Waals surface area contributed by atoms with Crippen LogP contribution in [0.25, 0.3) is 11.4 Å². The molecule has 1 amide bonds. The number of nitrogens with zero attached hydrogens (tertiary/aromatic N) is 4. The standard InChI is InChI=1S/C23H26N6O2/c1-15-16(2)27-21(28-22(15)30)19-5-6-20(25-14-19)29-10-7-18(8-11-29)23(31)26-13-17-4-3-9-24-12-17/h3-6,9,12,14,18H,7-8,10-11,13H2,1-2H3,(H,26,31)(H,27,28,30). The van der Waals surface area contributed by atoms with Gasteiger partial charge in [0, 0.05) is 61.0 Å². The molecular weight excluding hydrogens is 392 g/mol. The van der Waals surface area contributed by atoms with Crippen molar-refractivity contribution in [3.63, 3.8) is 0 Å². The predicted molar refractivity (Wildman–Crippen MR) is 119 cm³/mol. The van der Waals surface area contributed by atoms with Crippen LogP contribution in [0, 0.1) is 19.8 Å². The highest BCUT2D eigenvalue weighted by Gasteiger charge is 2.25. The molecule has 0 spiro atoms. The van der Waals surface area contributed by atoms with E-state index in [2.05, 4.69) is 30.2 Å². The first-order chi connectivity index (χ1) is 15.0. The molecule has 0 aliphatic carbocycles. The lowest BCUT2D eigenvalue weighted by molar-refractivity contribution is -0.125. The van der Waals surface area contributed by atoms with E-state index in [9.17, 15) is 9.59 Å². The van der Waals surface area contributed by atoms with E-state index in [4.69, 9.17) is 0 Å². The van der Waals surface area contributed by atoms with Crippen molar-refractivity contribution in [2.75, 3.05) is 18.0 Å². The number of carbonyl (C=O) groups is 1. The minimum absolute atomic E-state index is 0.0111. The number of aromatic nitrogens is 4. The highest BCUT2D eigenvalue weighted by molar-refractivity contribution is 5.79. The molecule has 31 heavy (non-hydrogen) atoms. The third kappa shape index (κ3) is 4.79. The van der Waals surface area contributed by atoms with Crippen LogP contribution in [-0.2, 0) is 11.3 Å². The van der Waals surface area contributed by atoms with Gasteiger partial charge in [-0.25, -0.2) is 9.97 Å². The number of hydrogen-bond donors (Lipinski definition) is 2. The van der Waals surface area contributed by atoms with Crippen molar-refractivity contribution in [3.8, 4) is 11.4 Å². The van der Waals surface area contributed by atoms with Crippen LogP contribution in [0.3, 0.4) is 0 Å². The number of carbonyl (C=O) groups excluding carboxylic acids is 1. The number of rotatable bonds is 5. The summed E-state index contributed by atoms with van der Waals surface area (Å²) >= 11 is 0. The van der Waals surface area contributed by atoms with E-state index in [0.717, 1.165) is 42.9 Å². The van der Waals surface area contributed by atoms with E-state index in [1.54, 1.807) is 25.5 Å². The van der Waals surface area contributed by atoms with Crippen LogP contribution >= 0.6 is 0 Å². The zero-order valence-electron chi connectivity index (χ0n) is 17.8. The van der Waals surface area contributed by atoms with Gasteiger partial charge in [0.1, 0.15) is 11.6 Å². The van der Waals surface area contributed by atoms with Crippen LogP contribution in [0.1, 0.15) is 29.7 Å². The monoisotopic (exact) mass is 418 g/mol. The first-order valence-corrected chi connectivity index (χ1v) is 10.5. The average Bonchev–Trinajstić information content (AvgIpc) is 2.81. The molecular formula is C23H26N6O2. The fourth-order valence-electron chi connectivity index (χ4n) is 3.70. The van der Waals surface area contributed by atoms with Gasteiger partial charge in [0.25, 0.3) is 5.56 Å². The number of anilines is 1. The normalized spacial score (nSPS) is 14.5. The highest BCUT2D eigenvalue weighted by atomic mass is 16.2. The Kier molecular flexibility index (Phi) is 6.06. The Balaban J connectivity index is 1.33. The van der Waals surface area contributed by atoms with Crippen LogP contribution in [0.15, 0.2) is 47.7 Å². The van der Waals surface area contributed by atoms with Gasteiger partial charge < -0.3 is 15.2 Å². The Morgan fingerprint density at radius 1 is 1.19 bits per heavy atom. The molecule has 0 aromatic carbocycles. The fourth-order valence-corrected chi connectivity index (χ4v) is 3.70. The molecule has 3 aromatic rings. The van der Waals surface area contributed by atoms with Crippen molar-refractivity contribution in [2.45, 2.75) is 33.2 Å². The van der Waals surface area contributed by atoms with Gasteiger partial charge in [-0.2, -0.15) is 0 Å². The Morgan fingerprint density at radius 3 is 2.65 bits per heavy atom. The summed E-state index contributed by atoms with van der Waals surface area (Å²) in [5.74, 6) is 1.49. The molecule has 0 saturated carbocycles.